The highest BCUT2D eigenvalue weighted by molar-refractivity contribution is 6.33. The van der Waals surface area contributed by atoms with E-state index in [9.17, 15) is 9.18 Å². The highest BCUT2D eigenvalue weighted by Crippen LogP contribution is 2.55. The zero-order valence-electron chi connectivity index (χ0n) is 17.1. The standard InChI is InChI=1S/C23H24ClFN2O2/c1-13-7-8-14(11-17(13)25)19(28)27-20-22(2,3)21(23(20,4)5)29-15-9-10-18(26-6)16(24)12-15/h7-12,20-21H,1-5H3,(H,27,28). The van der Waals surface area contributed by atoms with Crippen molar-refractivity contribution >= 4 is 23.2 Å². The molecule has 1 aliphatic rings. The summed E-state index contributed by atoms with van der Waals surface area (Å²) >= 11 is 6.12. The number of benzene rings is 2. The molecule has 152 valence electrons. The van der Waals surface area contributed by atoms with Crippen molar-refractivity contribution in [2.45, 2.75) is 46.8 Å². The minimum Gasteiger partial charge on any atom is -0.489 e. The average molecular weight is 415 g/mol. The fraction of sp³-hybridized carbons (Fsp3) is 0.391. The Hall–Kier alpha value is -2.58. The third-order valence-corrected chi connectivity index (χ3v) is 6.15. The summed E-state index contributed by atoms with van der Waals surface area (Å²) < 4.78 is 20.1. The van der Waals surface area contributed by atoms with Gasteiger partial charge >= 0.3 is 0 Å². The van der Waals surface area contributed by atoms with Crippen LogP contribution in [0.25, 0.3) is 4.85 Å². The molecule has 1 amide bonds. The van der Waals surface area contributed by atoms with Gasteiger partial charge in [-0.25, -0.2) is 9.24 Å². The van der Waals surface area contributed by atoms with Crippen LogP contribution in [0.4, 0.5) is 10.1 Å². The Bertz CT molecular complexity index is 994. The predicted octanol–water partition coefficient (Wildman–Crippen LogP) is 5.95. The lowest BCUT2D eigenvalue weighted by molar-refractivity contribution is -0.164. The van der Waals surface area contributed by atoms with E-state index in [1.807, 2.05) is 27.7 Å². The number of hydrogen-bond donors (Lipinski definition) is 1. The van der Waals surface area contributed by atoms with Crippen LogP contribution < -0.4 is 10.1 Å². The van der Waals surface area contributed by atoms with Crippen LogP contribution in [0.5, 0.6) is 5.75 Å². The zero-order chi connectivity index (χ0) is 21.6. The highest BCUT2D eigenvalue weighted by Gasteiger charge is 2.64. The maximum atomic E-state index is 13.8. The minimum absolute atomic E-state index is 0.171. The number of aryl methyl sites for hydroxylation is 1. The smallest absolute Gasteiger partial charge is 0.251 e. The lowest BCUT2D eigenvalue weighted by atomic mass is 9.49. The number of hydrogen-bond acceptors (Lipinski definition) is 2. The van der Waals surface area contributed by atoms with Gasteiger partial charge in [0.15, 0.2) is 0 Å². The van der Waals surface area contributed by atoms with Gasteiger partial charge in [-0.2, -0.15) is 0 Å². The molecule has 6 heteroatoms. The van der Waals surface area contributed by atoms with Gasteiger partial charge in [0, 0.05) is 22.4 Å². The first-order chi connectivity index (χ1) is 13.5. The molecule has 0 bridgehead atoms. The number of amides is 1. The SMILES string of the molecule is [C-]#[N+]c1ccc(OC2C(C)(C)C(NC(=O)c3ccc(C)c(F)c3)C2(C)C)cc1Cl. The molecular weight excluding hydrogens is 391 g/mol. The van der Waals surface area contributed by atoms with Crippen LogP contribution in [-0.4, -0.2) is 18.1 Å². The Morgan fingerprint density at radius 1 is 1.17 bits per heavy atom. The third kappa shape index (κ3) is 3.70. The number of rotatable bonds is 4. The Kier molecular flexibility index (Phi) is 5.36. The molecule has 0 atom stereocenters. The van der Waals surface area contributed by atoms with Crippen molar-refractivity contribution in [3.05, 3.63) is 69.8 Å². The van der Waals surface area contributed by atoms with Crippen LogP contribution in [0, 0.1) is 30.1 Å². The highest BCUT2D eigenvalue weighted by atomic mass is 35.5. The molecule has 0 aliphatic heterocycles. The number of halogens is 2. The third-order valence-electron chi connectivity index (χ3n) is 5.84. The second-order valence-electron chi connectivity index (χ2n) is 8.74. The van der Waals surface area contributed by atoms with Crippen molar-refractivity contribution in [1.29, 1.82) is 0 Å². The van der Waals surface area contributed by atoms with Crippen LogP contribution in [0.3, 0.4) is 0 Å². The van der Waals surface area contributed by atoms with Crippen molar-refractivity contribution in [2.75, 3.05) is 0 Å². The molecule has 2 aromatic carbocycles. The molecule has 0 aromatic heterocycles. The van der Waals surface area contributed by atoms with E-state index in [2.05, 4.69) is 10.2 Å². The number of carbonyl (C=O) groups is 1. The first kappa shape index (κ1) is 21.1. The van der Waals surface area contributed by atoms with Gasteiger partial charge < -0.3 is 10.1 Å². The summed E-state index contributed by atoms with van der Waals surface area (Å²) in [7, 11) is 0. The van der Waals surface area contributed by atoms with Crippen molar-refractivity contribution in [3.8, 4) is 5.75 Å². The molecular formula is C23H24ClFN2O2. The van der Waals surface area contributed by atoms with Crippen molar-refractivity contribution in [3.63, 3.8) is 0 Å². The zero-order valence-corrected chi connectivity index (χ0v) is 17.9. The summed E-state index contributed by atoms with van der Waals surface area (Å²) in [5, 5.41) is 3.40. The molecule has 1 fully saturated rings. The lowest BCUT2D eigenvalue weighted by Gasteiger charge is -2.63. The Labute approximate surface area is 175 Å². The number of nitrogens with zero attached hydrogens (tertiary/aromatic N) is 1. The maximum Gasteiger partial charge on any atom is 0.251 e. The molecule has 0 spiro atoms. The quantitative estimate of drug-likeness (QED) is 0.628. The summed E-state index contributed by atoms with van der Waals surface area (Å²) in [4.78, 5) is 16.1. The molecule has 29 heavy (non-hydrogen) atoms. The molecule has 0 unspecified atom stereocenters. The molecule has 1 aliphatic carbocycles. The Morgan fingerprint density at radius 3 is 2.38 bits per heavy atom. The summed E-state index contributed by atoms with van der Waals surface area (Å²) in [6.45, 7) is 16.9. The van der Waals surface area contributed by atoms with Gasteiger partial charge in [-0.3, -0.25) is 4.79 Å². The monoisotopic (exact) mass is 414 g/mol. The van der Waals surface area contributed by atoms with Gasteiger partial charge in [-0.05, 0) is 36.8 Å². The van der Waals surface area contributed by atoms with Gasteiger partial charge in [0.25, 0.3) is 5.91 Å². The molecule has 1 N–H and O–H groups in total. The summed E-state index contributed by atoms with van der Waals surface area (Å²) in [5.74, 6) is -0.123. The van der Waals surface area contributed by atoms with Crippen LogP contribution in [0.2, 0.25) is 5.02 Å². The van der Waals surface area contributed by atoms with E-state index < -0.39 is 5.82 Å². The fourth-order valence-corrected chi connectivity index (χ4v) is 4.75. The molecule has 4 nitrogen and oxygen atoms in total. The maximum absolute atomic E-state index is 13.8. The number of ether oxygens (including phenoxy) is 1. The van der Waals surface area contributed by atoms with Crippen LogP contribution in [0.15, 0.2) is 36.4 Å². The van der Waals surface area contributed by atoms with E-state index in [4.69, 9.17) is 22.9 Å². The Balaban J connectivity index is 1.77. The summed E-state index contributed by atoms with van der Waals surface area (Å²) in [5.41, 5.74) is 0.440. The summed E-state index contributed by atoms with van der Waals surface area (Å²) in [6, 6.07) is 9.32. The lowest BCUT2D eigenvalue weighted by Crippen LogP contribution is -2.74. The number of nitrogens with one attached hydrogen (secondary N) is 1. The predicted molar refractivity (Wildman–Crippen MR) is 112 cm³/mol. The number of carbonyl (C=O) groups excluding carboxylic acids is 1. The van der Waals surface area contributed by atoms with Gasteiger partial charge in [0.1, 0.15) is 17.7 Å². The van der Waals surface area contributed by atoms with E-state index in [1.165, 1.54) is 6.07 Å². The minimum atomic E-state index is -0.397. The van der Waals surface area contributed by atoms with Gasteiger partial charge in [0.05, 0.1) is 11.6 Å². The van der Waals surface area contributed by atoms with Gasteiger partial charge in [0.2, 0.25) is 5.69 Å². The van der Waals surface area contributed by atoms with E-state index in [1.54, 1.807) is 37.3 Å². The molecule has 3 rings (SSSR count). The molecule has 0 radical (unpaired) electrons. The van der Waals surface area contributed by atoms with Crippen LogP contribution >= 0.6 is 11.6 Å². The normalized spacial score (nSPS) is 21.6. The second-order valence-corrected chi connectivity index (χ2v) is 9.14. The van der Waals surface area contributed by atoms with E-state index >= 15 is 0 Å². The first-order valence-corrected chi connectivity index (χ1v) is 9.77. The topological polar surface area (TPSA) is 42.7 Å². The average Bonchev–Trinajstić information content (AvgIpc) is 2.65. The van der Waals surface area contributed by atoms with Gasteiger partial charge in [-0.1, -0.05) is 51.4 Å². The molecule has 0 saturated heterocycles. The molecule has 0 heterocycles. The second kappa shape index (κ2) is 7.35. The molecule has 1 saturated carbocycles. The Morgan fingerprint density at radius 2 is 1.83 bits per heavy atom. The fourth-order valence-electron chi connectivity index (χ4n) is 4.54. The van der Waals surface area contributed by atoms with Crippen molar-refractivity contribution in [1.82, 2.24) is 5.32 Å². The van der Waals surface area contributed by atoms with E-state index in [-0.39, 0.29) is 28.9 Å². The van der Waals surface area contributed by atoms with E-state index in [0.29, 0.717) is 27.6 Å². The van der Waals surface area contributed by atoms with Crippen molar-refractivity contribution < 1.29 is 13.9 Å². The van der Waals surface area contributed by atoms with Crippen LogP contribution in [0.1, 0.15) is 43.6 Å². The first-order valence-electron chi connectivity index (χ1n) is 9.39. The van der Waals surface area contributed by atoms with Gasteiger partial charge in [-0.15, -0.1) is 0 Å². The largest absolute Gasteiger partial charge is 0.489 e. The molecule has 2 aromatic rings. The van der Waals surface area contributed by atoms with Crippen LogP contribution in [-0.2, 0) is 0 Å². The van der Waals surface area contributed by atoms with E-state index in [0.717, 1.165) is 0 Å². The summed E-state index contributed by atoms with van der Waals surface area (Å²) in [6.07, 6.45) is -0.190. The van der Waals surface area contributed by atoms with Crippen molar-refractivity contribution in [2.24, 2.45) is 10.8 Å².